The Morgan fingerprint density at radius 3 is 2.50 bits per heavy atom. The molecule has 0 fully saturated rings. The summed E-state index contributed by atoms with van der Waals surface area (Å²) in [5.74, 6) is 0.459. The first-order valence-electron chi connectivity index (χ1n) is 9.27. The van der Waals surface area contributed by atoms with Gasteiger partial charge in [0.15, 0.2) is 0 Å². The second-order valence-corrected chi connectivity index (χ2v) is 6.92. The molecule has 0 aliphatic heterocycles. The highest BCUT2D eigenvalue weighted by Crippen LogP contribution is 2.21. The van der Waals surface area contributed by atoms with Crippen molar-refractivity contribution >= 4 is 17.5 Å². The van der Waals surface area contributed by atoms with Crippen LogP contribution in [0.2, 0.25) is 0 Å². The average Bonchev–Trinajstić information content (AvgIpc) is 3.08. The Labute approximate surface area is 165 Å². The minimum atomic E-state index is -0.0733. The molecule has 1 aromatic carbocycles. The summed E-state index contributed by atoms with van der Waals surface area (Å²) < 4.78 is 1.83. The zero-order chi connectivity index (χ0) is 19.9. The highest BCUT2D eigenvalue weighted by atomic mass is 16.1. The molecule has 28 heavy (non-hydrogen) atoms. The molecule has 3 aromatic rings. The molecule has 0 spiro atoms. The van der Waals surface area contributed by atoms with Gasteiger partial charge < -0.3 is 20.1 Å². The second kappa shape index (κ2) is 9.14. The van der Waals surface area contributed by atoms with E-state index in [1.165, 1.54) is 0 Å². The largest absolute Gasteiger partial charge is 0.351 e. The van der Waals surface area contributed by atoms with E-state index >= 15 is 0 Å². The third kappa shape index (κ3) is 5.17. The van der Waals surface area contributed by atoms with Gasteiger partial charge in [-0.15, -0.1) is 0 Å². The SMILES string of the molecule is CN(C)CCCNC(=O)c1cc(-c2cnc(Nc3ccccc3)nc2)cn1C. The lowest BCUT2D eigenvalue weighted by Crippen LogP contribution is -2.28. The van der Waals surface area contributed by atoms with E-state index in [-0.39, 0.29) is 5.91 Å². The molecule has 0 aliphatic carbocycles. The number of benzene rings is 1. The van der Waals surface area contributed by atoms with Crippen LogP contribution in [-0.2, 0) is 7.05 Å². The van der Waals surface area contributed by atoms with E-state index in [0.717, 1.165) is 29.8 Å². The van der Waals surface area contributed by atoms with Crippen LogP contribution in [0.25, 0.3) is 11.1 Å². The quantitative estimate of drug-likeness (QED) is 0.590. The van der Waals surface area contributed by atoms with Gasteiger partial charge in [0, 0.05) is 49.0 Å². The number of aromatic nitrogens is 3. The summed E-state index contributed by atoms with van der Waals surface area (Å²) >= 11 is 0. The summed E-state index contributed by atoms with van der Waals surface area (Å²) in [6, 6.07) is 11.6. The predicted octanol–water partition coefficient (Wildman–Crippen LogP) is 2.91. The summed E-state index contributed by atoms with van der Waals surface area (Å²) in [7, 11) is 5.91. The fourth-order valence-corrected chi connectivity index (χ4v) is 2.83. The summed E-state index contributed by atoms with van der Waals surface area (Å²) in [6.07, 6.45) is 6.34. The maximum absolute atomic E-state index is 12.4. The first-order valence-corrected chi connectivity index (χ1v) is 9.27. The maximum Gasteiger partial charge on any atom is 0.267 e. The number of rotatable bonds is 8. The molecule has 0 saturated carbocycles. The zero-order valence-electron chi connectivity index (χ0n) is 16.5. The lowest BCUT2D eigenvalue weighted by Gasteiger charge is -2.10. The molecule has 7 heteroatoms. The Balaban J connectivity index is 1.64. The third-order valence-corrected chi connectivity index (χ3v) is 4.32. The Hall–Kier alpha value is -3.19. The number of hydrogen-bond acceptors (Lipinski definition) is 5. The van der Waals surface area contributed by atoms with Crippen LogP contribution in [0.1, 0.15) is 16.9 Å². The fourth-order valence-electron chi connectivity index (χ4n) is 2.83. The van der Waals surface area contributed by atoms with Gasteiger partial charge in [0.05, 0.1) is 0 Å². The van der Waals surface area contributed by atoms with Crippen LogP contribution < -0.4 is 10.6 Å². The second-order valence-electron chi connectivity index (χ2n) is 6.92. The third-order valence-electron chi connectivity index (χ3n) is 4.32. The van der Waals surface area contributed by atoms with E-state index in [9.17, 15) is 4.79 Å². The van der Waals surface area contributed by atoms with Crippen molar-refractivity contribution in [3.05, 3.63) is 60.7 Å². The molecule has 2 aromatic heterocycles. The van der Waals surface area contributed by atoms with Gasteiger partial charge in [-0.3, -0.25) is 4.79 Å². The van der Waals surface area contributed by atoms with Crippen molar-refractivity contribution in [1.29, 1.82) is 0 Å². The smallest absolute Gasteiger partial charge is 0.267 e. The van der Waals surface area contributed by atoms with E-state index in [2.05, 4.69) is 25.5 Å². The van der Waals surface area contributed by atoms with E-state index in [1.807, 2.05) is 68.3 Å². The van der Waals surface area contributed by atoms with Gasteiger partial charge in [-0.1, -0.05) is 18.2 Å². The van der Waals surface area contributed by atoms with Crippen LogP contribution in [-0.4, -0.2) is 52.5 Å². The number of nitrogens with zero attached hydrogens (tertiary/aromatic N) is 4. The highest BCUT2D eigenvalue weighted by molar-refractivity contribution is 5.94. The maximum atomic E-state index is 12.4. The number of amides is 1. The molecule has 0 radical (unpaired) electrons. The first kappa shape index (κ1) is 19.6. The molecule has 7 nitrogen and oxygen atoms in total. The van der Waals surface area contributed by atoms with Gasteiger partial charge >= 0.3 is 0 Å². The standard InChI is InChI=1S/C21H26N6O/c1-26(2)11-7-10-22-20(28)19-12-16(15-27(19)3)17-13-23-21(24-14-17)25-18-8-5-4-6-9-18/h4-6,8-9,12-15H,7,10-11H2,1-3H3,(H,22,28)(H,23,24,25). The molecule has 2 N–H and O–H groups in total. The Morgan fingerprint density at radius 2 is 1.82 bits per heavy atom. The van der Waals surface area contributed by atoms with Crippen LogP contribution in [0.15, 0.2) is 55.0 Å². The minimum Gasteiger partial charge on any atom is -0.351 e. The van der Waals surface area contributed by atoms with Crippen molar-refractivity contribution in [3.8, 4) is 11.1 Å². The van der Waals surface area contributed by atoms with Crippen LogP contribution in [0.5, 0.6) is 0 Å². The molecule has 146 valence electrons. The summed E-state index contributed by atoms with van der Waals surface area (Å²) in [6.45, 7) is 1.60. The number of carbonyl (C=O) groups excluding carboxylic acids is 1. The van der Waals surface area contributed by atoms with E-state index in [4.69, 9.17) is 0 Å². The lowest BCUT2D eigenvalue weighted by atomic mass is 10.2. The van der Waals surface area contributed by atoms with Gasteiger partial charge in [0.2, 0.25) is 5.95 Å². The number of nitrogens with one attached hydrogen (secondary N) is 2. The molecule has 0 bridgehead atoms. The molecule has 2 heterocycles. The molecule has 0 atom stereocenters. The van der Waals surface area contributed by atoms with Crippen LogP contribution in [0.3, 0.4) is 0 Å². The molecule has 0 saturated heterocycles. The van der Waals surface area contributed by atoms with E-state index in [0.29, 0.717) is 18.2 Å². The number of para-hydroxylation sites is 1. The Morgan fingerprint density at radius 1 is 1.11 bits per heavy atom. The molecule has 0 unspecified atom stereocenters. The van der Waals surface area contributed by atoms with Crippen molar-refractivity contribution in [3.63, 3.8) is 0 Å². The Kier molecular flexibility index (Phi) is 6.39. The average molecular weight is 378 g/mol. The zero-order valence-corrected chi connectivity index (χ0v) is 16.5. The van der Waals surface area contributed by atoms with Gasteiger partial charge in [-0.2, -0.15) is 0 Å². The Bertz CT molecular complexity index is 902. The number of anilines is 2. The normalized spacial score (nSPS) is 10.9. The lowest BCUT2D eigenvalue weighted by molar-refractivity contribution is 0.0944. The monoisotopic (exact) mass is 378 g/mol. The van der Waals surface area contributed by atoms with Crippen molar-refractivity contribution in [2.24, 2.45) is 7.05 Å². The molecule has 0 aliphatic rings. The number of aryl methyl sites for hydroxylation is 1. The van der Waals surface area contributed by atoms with Gasteiger partial charge in [-0.05, 0) is 45.3 Å². The molecule has 3 rings (SSSR count). The summed E-state index contributed by atoms with van der Waals surface area (Å²) in [4.78, 5) is 23.3. The topological polar surface area (TPSA) is 75.1 Å². The summed E-state index contributed by atoms with van der Waals surface area (Å²) in [5.41, 5.74) is 3.32. The number of carbonyl (C=O) groups is 1. The van der Waals surface area contributed by atoms with Crippen LogP contribution in [0.4, 0.5) is 11.6 Å². The van der Waals surface area contributed by atoms with Crippen LogP contribution >= 0.6 is 0 Å². The van der Waals surface area contributed by atoms with Crippen molar-refractivity contribution in [2.75, 3.05) is 32.5 Å². The highest BCUT2D eigenvalue weighted by Gasteiger charge is 2.13. The van der Waals surface area contributed by atoms with Crippen LogP contribution in [0, 0.1) is 0 Å². The number of hydrogen-bond donors (Lipinski definition) is 2. The molecular formula is C21H26N6O. The van der Waals surface area contributed by atoms with Crippen molar-refractivity contribution in [2.45, 2.75) is 6.42 Å². The molecule has 1 amide bonds. The van der Waals surface area contributed by atoms with Gasteiger partial charge in [0.1, 0.15) is 5.69 Å². The van der Waals surface area contributed by atoms with Crippen molar-refractivity contribution < 1.29 is 4.79 Å². The van der Waals surface area contributed by atoms with E-state index < -0.39 is 0 Å². The molecular weight excluding hydrogens is 352 g/mol. The van der Waals surface area contributed by atoms with Gasteiger partial charge in [-0.25, -0.2) is 9.97 Å². The fraction of sp³-hybridized carbons (Fsp3) is 0.286. The van der Waals surface area contributed by atoms with E-state index in [1.54, 1.807) is 12.4 Å². The minimum absolute atomic E-state index is 0.0733. The predicted molar refractivity (Wildman–Crippen MR) is 112 cm³/mol. The summed E-state index contributed by atoms with van der Waals surface area (Å²) in [5, 5.41) is 6.13. The van der Waals surface area contributed by atoms with Crippen molar-refractivity contribution in [1.82, 2.24) is 24.8 Å². The first-order chi connectivity index (χ1) is 13.5. The van der Waals surface area contributed by atoms with Gasteiger partial charge in [0.25, 0.3) is 5.91 Å².